The molecule has 7 heavy (non-hydrogen) atoms. The van der Waals surface area contributed by atoms with Crippen LogP contribution in [0.15, 0.2) is 0 Å². The Balaban J connectivity index is 3.77. The third-order valence-corrected chi connectivity index (χ3v) is 40.2. The molecule has 0 unspecified atom stereocenters. The van der Waals surface area contributed by atoms with Crippen molar-refractivity contribution in [3.63, 3.8) is 0 Å². The van der Waals surface area contributed by atoms with Gasteiger partial charge in [-0.25, -0.2) is 0 Å². The van der Waals surface area contributed by atoms with Gasteiger partial charge < -0.3 is 0 Å². The van der Waals surface area contributed by atoms with Gasteiger partial charge >= 0.3 is 56.9 Å². The van der Waals surface area contributed by atoms with Gasteiger partial charge in [0.15, 0.2) is 0 Å². The molecule has 0 atom stereocenters. The molecular weight excluding hydrogens is 447 g/mol. The molecular formula is H2O4Te3. The van der Waals surface area contributed by atoms with E-state index in [2.05, 4.69) is 0 Å². The van der Waals surface area contributed by atoms with Crippen molar-refractivity contribution in [2.45, 2.75) is 0 Å². The van der Waals surface area contributed by atoms with Crippen molar-refractivity contribution in [2.24, 2.45) is 0 Å². The third-order valence-electron chi connectivity index (χ3n) is 0.133. The van der Waals surface area contributed by atoms with E-state index in [1.807, 2.05) is 0 Å². The fourth-order valence-corrected chi connectivity index (χ4v) is 16.4. The Hall–Kier alpha value is 1.57. The Morgan fingerprint density at radius 1 is 0.857 bits per heavy atom. The molecule has 0 aromatic carbocycles. The second kappa shape index (κ2) is 4.45. The molecule has 0 aliphatic carbocycles. The predicted molar refractivity (Wildman–Crippen MR) is 22.8 cm³/mol. The van der Waals surface area contributed by atoms with E-state index in [1.54, 1.807) is 0 Å². The van der Waals surface area contributed by atoms with E-state index in [4.69, 9.17) is 0 Å². The van der Waals surface area contributed by atoms with Crippen LogP contribution in [0, 0.1) is 0 Å². The van der Waals surface area contributed by atoms with Crippen molar-refractivity contribution in [1.29, 1.82) is 0 Å². The van der Waals surface area contributed by atoms with Gasteiger partial charge in [-0.15, -0.1) is 0 Å². The fraction of sp³-hybridized carbons (Fsp3) is 0. The third kappa shape index (κ3) is 7.57. The molecule has 44 valence electrons. The first-order chi connectivity index (χ1) is 3.13. The monoisotopic (exact) mass is 456 g/mol. The molecule has 0 aromatic heterocycles. The van der Waals surface area contributed by atoms with Crippen LogP contribution in [-0.2, 0) is 12.4 Å². The van der Waals surface area contributed by atoms with E-state index < -0.39 is 44.5 Å². The van der Waals surface area contributed by atoms with E-state index in [0.717, 1.165) is 0 Å². The Kier molecular flexibility index (Phi) is 5.44. The number of hydrogen-bond acceptors (Lipinski definition) is 4. The van der Waals surface area contributed by atoms with Crippen molar-refractivity contribution in [3.8, 4) is 0 Å². The Labute approximate surface area is 55.9 Å². The summed E-state index contributed by atoms with van der Waals surface area (Å²) < 4.78 is 38.7. The molecule has 4 nitrogen and oxygen atoms in total. The van der Waals surface area contributed by atoms with Gasteiger partial charge in [0.05, 0.1) is 0 Å². The molecule has 0 aliphatic rings. The normalized spacial score (nSPS) is 10.6. The van der Waals surface area contributed by atoms with Gasteiger partial charge in [0.25, 0.3) is 0 Å². The Morgan fingerprint density at radius 3 is 1.14 bits per heavy atom. The van der Waals surface area contributed by atoms with Crippen LogP contribution in [0.1, 0.15) is 0 Å². The topological polar surface area (TPSA) is 68.3 Å². The summed E-state index contributed by atoms with van der Waals surface area (Å²) in [6, 6.07) is 0. The average molecular weight is 449 g/mol. The van der Waals surface area contributed by atoms with Crippen LogP contribution in [0.25, 0.3) is 0 Å². The molecule has 0 aliphatic heterocycles. The van der Waals surface area contributed by atoms with Crippen LogP contribution in [0.4, 0.5) is 0 Å². The molecule has 0 aromatic rings. The summed E-state index contributed by atoms with van der Waals surface area (Å²) in [7, 11) is 0. The van der Waals surface area contributed by atoms with Crippen molar-refractivity contribution >= 4 is 44.5 Å². The van der Waals surface area contributed by atoms with Crippen LogP contribution in [0.2, 0.25) is 0 Å². The summed E-state index contributed by atoms with van der Waals surface area (Å²) in [6.45, 7) is 0. The summed E-state index contributed by atoms with van der Waals surface area (Å²) in [4.78, 5) is 0. The SMILES string of the molecule is O=[TeH](=O)[Te][TeH](=O)=O. The molecule has 0 N–H and O–H groups in total. The molecule has 7 heteroatoms. The van der Waals surface area contributed by atoms with E-state index in [-0.39, 0.29) is 0 Å². The number of hydrogen-bond donors (Lipinski definition) is 0. The van der Waals surface area contributed by atoms with Crippen LogP contribution >= 0.6 is 0 Å². The van der Waals surface area contributed by atoms with E-state index in [9.17, 15) is 12.4 Å². The van der Waals surface area contributed by atoms with Crippen molar-refractivity contribution in [1.82, 2.24) is 0 Å². The van der Waals surface area contributed by atoms with Crippen molar-refractivity contribution < 1.29 is 12.4 Å². The van der Waals surface area contributed by atoms with Gasteiger partial charge in [0, 0.05) is 0 Å². The zero-order valence-electron chi connectivity index (χ0n) is 2.94. The van der Waals surface area contributed by atoms with E-state index in [1.165, 1.54) is 0 Å². The summed E-state index contributed by atoms with van der Waals surface area (Å²) >= 11 is -8.50. The van der Waals surface area contributed by atoms with E-state index in [0.29, 0.717) is 0 Å². The first-order valence-electron chi connectivity index (χ1n) is 1.10. The molecule has 0 rings (SSSR count). The Morgan fingerprint density at radius 2 is 1.14 bits per heavy atom. The van der Waals surface area contributed by atoms with Crippen molar-refractivity contribution in [2.75, 3.05) is 0 Å². The van der Waals surface area contributed by atoms with Gasteiger partial charge in [-0.05, 0) is 0 Å². The Bertz CT molecular complexity index is 135. The molecule has 0 radical (unpaired) electrons. The van der Waals surface area contributed by atoms with Gasteiger partial charge in [0.1, 0.15) is 0 Å². The summed E-state index contributed by atoms with van der Waals surface area (Å²) in [5, 5.41) is 0. The first kappa shape index (κ1) is 8.57. The van der Waals surface area contributed by atoms with Gasteiger partial charge in [-0.3, -0.25) is 0 Å². The van der Waals surface area contributed by atoms with Crippen LogP contribution in [0.5, 0.6) is 0 Å². The van der Waals surface area contributed by atoms with Crippen LogP contribution in [0.3, 0.4) is 0 Å². The second-order valence-electron chi connectivity index (χ2n) is 0.529. The summed E-state index contributed by atoms with van der Waals surface area (Å²) in [5.74, 6) is 0. The minimum absolute atomic E-state index is 1.51. The number of rotatable bonds is 2. The summed E-state index contributed by atoms with van der Waals surface area (Å²) in [5.41, 5.74) is 0. The molecule has 0 saturated carbocycles. The molecule has 0 amide bonds. The maximum atomic E-state index is 9.67. The first-order valence-corrected chi connectivity index (χ1v) is 21.3. The summed E-state index contributed by atoms with van der Waals surface area (Å²) in [6.07, 6.45) is 0. The zero-order valence-corrected chi connectivity index (χ0v) is 10.4. The zero-order chi connectivity index (χ0) is 5.86. The van der Waals surface area contributed by atoms with Crippen LogP contribution < -0.4 is 0 Å². The molecule has 0 heterocycles. The fourth-order valence-electron chi connectivity index (χ4n) is 0.0544. The molecule has 0 bridgehead atoms. The second-order valence-corrected chi connectivity index (χ2v) is 39.1. The average Bonchev–Trinajstić information content (AvgIpc) is 1.27. The van der Waals surface area contributed by atoms with Crippen LogP contribution in [-0.4, -0.2) is 44.5 Å². The van der Waals surface area contributed by atoms with Crippen molar-refractivity contribution in [3.05, 3.63) is 0 Å². The van der Waals surface area contributed by atoms with Gasteiger partial charge in [-0.1, -0.05) is 0 Å². The maximum absolute atomic E-state index is 9.67. The predicted octanol–water partition coefficient (Wildman–Crippen LogP) is -2.15. The quantitative estimate of drug-likeness (QED) is 0.452. The minimum atomic E-state index is -3.50. The van der Waals surface area contributed by atoms with Gasteiger partial charge in [0.2, 0.25) is 0 Å². The van der Waals surface area contributed by atoms with Gasteiger partial charge in [-0.2, -0.15) is 0 Å². The molecule has 0 fully saturated rings. The molecule has 0 saturated heterocycles. The standard InChI is InChI=1S/H2O4Te3/c1-6(2)5-7(3)4/h6-7H. The molecule has 0 spiro atoms. The van der Waals surface area contributed by atoms with E-state index >= 15 is 0 Å².